The van der Waals surface area contributed by atoms with Gasteiger partial charge in [0.05, 0.1) is 35.8 Å². The summed E-state index contributed by atoms with van der Waals surface area (Å²) in [6.45, 7) is 17.4. The molecule has 14 heteroatoms. The summed E-state index contributed by atoms with van der Waals surface area (Å²) in [6.07, 6.45) is 4.33. The summed E-state index contributed by atoms with van der Waals surface area (Å²) in [4.78, 5) is 54.8. The Bertz CT molecular complexity index is 488. The van der Waals surface area contributed by atoms with Crippen LogP contribution in [0, 0.1) is 0 Å². The Kier molecular flexibility index (Phi) is 73.3. The van der Waals surface area contributed by atoms with E-state index in [1.807, 2.05) is 0 Å². The van der Waals surface area contributed by atoms with Crippen molar-refractivity contribution in [2.24, 2.45) is 0 Å². The summed E-state index contributed by atoms with van der Waals surface area (Å²) in [5, 5.41) is 54.8. The van der Waals surface area contributed by atoms with E-state index in [4.69, 9.17) is 59.4 Å². The second kappa shape index (κ2) is 45.8. The fraction of sp³-hybridized carbons (Fsp3) is 0. The number of carbonyl (C=O) groups excluding carboxylic acids is 6. The van der Waals surface area contributed by atoms with Crippen LogP contribution in [0.1, 0.15) is 0 Å². The Balaban J connectivity index is -0.0000000356. The summed E-state index contributed by atoms with van der Waals surface area (Å²) >= 11 is 0. The fourth-order valence-electron chi connectivity index (χ4n) is 0. The zero-order chi connectivity index (χ0) is 25.7. The molecule has 0 spiro atoms. The first kappa shape index (κ1) is 51.2. The second-order valence-corrected chi connectivity index (χ2v) is 3.14. The van der Waals surface area contributed by atoms with E-state index in [-0.39, 0.29) is 34.7 Å². The zero-order valence-corrected chi connectivity index (χ0v) is 19.0. The third kappa shape index (κ3) is 244. The molecule has 0 aromatic rings. The molecule has 0 aromatic heterocycles. The van der Waals surface area contributed by atoms with Crippen LogP contribution in [0.4, 0.5) is 0 Å². The molecule has 0 fully saturated rings. The maximum absolute atomic E-state index is 9.14. The predicted molar refractivity (Wildman–Crippen MR) is 97.0 cm³/mol. The monoisotopic (exact) mass is 505 g/mol. The van der Waals surface area contributed by atoms with Gasteiger partial charge in [0.15, 0.2) is 0 Å². The van der Waals surface area contributed by atoms with Gasteiger partial charge in [0.1, 0.15) is 0 Å². The van der Waals surface area contributed by atoms with Gasteiger partial charge in [-0.1, -0.05) is 39.5 Å². The van der Waals surface area contributed by atoms with E-state index >= 15 is 0 Å². The van der Waals surface area contributed by atoms with E-state index in [1.165, 1.54) is 0 Å². The van der Waals surface area contributed by atoms with E-state index in [9.17, 15) is 0 Å². The van der Waals surface area contributed by atoms with Crippen LogP contribution in [-0.4, -0.2) is 53.2 Å². The van der Waals surface area contributed by atoms with Crippen LogP contribution in [0.3, 0.4) is 0 Å². The molecule has 0 bridgehead atoms. The van der Waals surface area contributed by atoms with Crippen molar-refractivity contribution in [1.82, 2.24) is 0 Å². The molecule has 0 N–H and O–H groups in total. The molecular formula is C18H18AlCrO12. The number of hydrogen-bond acceptors (Lipinski definition) is 12. The van der Waals surface area contributed by atoms with Gasteiger partial charge in [0.25, 0.3) is 0 Å². The minimum atomic E-state index is -1.23. The molecule has 32 heavy (non-hydrogen) atoms. The van der Waals surface area contributed by atoms with E-state index in [2.05, 4.69) is 39.5 Å². The van der Waals surface area contributed by atoms with Crippen LogP contribution < -0.4 is 30.6 Å². The molecule has 0 aromatic carbocycles. The topological polar surface area (TPSA) is 241 Å². The van der Waals surface area contributed by atoms with Crippen LogP contribution >= 0.6 is 0 Å². The van der Waals surface area contributed by atoms with E-state index in [0.29, 0.717) is 0 Å². The van der Waals surface area contributed by atoms with E-state index < -0.39 is 35.8 Å². The minimum absolute atomic E-state index is 0. The van der Waals surface area contributed by atoms with Crippen LogP contribution in [0.2, 0.25) is 0 Å². The van der Waals surface area contributed by atoms with Gasteiger partial charge in [-0.25, -0.2) is 0 Å². The number of hydrogen-bond donors (Lipinski definition) is 0. The Morgan fingerprint density at radius 1 is 0.375 bits per heavy atom. The first-order valence-electron chi connectivity index (χ1n) is 6.63. The molecule has 0 rings (SSSR count). The summed E-state index contributed by atoms with van der Waals surface area (Å²) in [5.74, 6) is -7.39. The van der Waals surface area contributed by atoms with Gasteiger partial charge in [-0.2, -0.15) is 0 Å². The number of carboxylic acids is 6. The van der Waals surface area contributed by atoms with Gasteiger partial charge in [0.2, 0.25) is 0 Å². The van der Waals surface area contributed by atoms with Gasteiger partial charge in [0, 0.05) is 0 Å². The Morgan fingerprint density at radius 3 is 0.406 bits per heavy atom. The predicted octanol–water partition coefficient (Wildman–Crippen LogP) is -6.85. The molecule has 0 aliphatic heterocycles. The molecule has 0 aliphatic carbocycles. The van der Waals surface area contributed by atoms with Crippen molar-refractivity contribution < 1.29 is 76.8 Å². The average Bonchev–Trinajstić information content (AvgIpc) is 2.69. The molecule has 0 saturated heterocycles. The first-order valence-corrected chi connectivity index (χ1v) is 6.63. The van der Waals surface area contributed by atoms with Crippen molar-refractivity contribution in [3.63, 3.8) is 0 Å². The fourth-order valence-corrected chi connectivity index (χ4v) is 0. The van der Waals surface area contributed by atoms with Crippen molar-refractivity contribution in [3.8, 4) is 0 Å². The average molecular weight is 505 g/mol. The summed E-state index contributed by atoms with van der Waals surface area (Å²) < 4.78 is 0. The zero-order valence-electron chi connectivity index (χ0n) is 16.6. The van der Waals surface area contributed by atoms with Crippen LogP contribution in [0.25, 0.3) is 0 Å². The van der Waals surface area contributed by atoms with Gasteiger partial charge in [-0.05, 0) is 36.5 Å². The van der Waals surface area contributed by atoms with Gasteiger partial charge in [-0.15, -0.1) is 0 Å². The largest absolute Gasteiger partial charge is 3.00 e. The maximum atomic E-state index is 9.14. The maximum Gasteiger partial charge on any atom is 3.00 e. The molecule has 0 saturated carbocycles. The third-order valence-electron chi connectivity index (χ3n) is 1.00. The Hall–Kier alpha value is -3.68. The molecule has 0 amide bonds. The SMILES string of the molecule is C=CC(=O)[O-].C=CC(=O)[O-].C=CC(=O)[O-].C=CC(=O)[O-].C=CC(=O)[O-].C=CC(=O)[O-].[Al+3].[Cr+3]. The van der Waals surface area contributed by atoms with Gasteiger partial charge >= 0.3 is 34.7 Å². The summed E-state index contributed by atoms with van der Waals surface area (Å²) in [6, 6.07) is 0. The molecule has 171 valence electrons. The first-order chi connectivity index (χ1) is 13.6. The molecular weight excluding hydrogens is 487 g/mol. The standard InChI is InChI=1S/6C3H4O2.Al.Cr/c6*1-2-3(4)5;;/h6*2H,1H2,(H,4,5);;/q;;;;;;2*+3/p-6. The molecule has 12 nitrogen and oxygen atoms in total. The quantitative estimate of drug-likeness (QED) is 0.242. The molecule has 0 heterocycles. The third-order valence-corrected chi connectivity index (χ3v) is 1.00. The number of aliphatic carboxylic acids is 6. The van der Waals surface area contributed by atoms with Crippen molar-refractivity contribution in [3.05, 3.63) is 75.9 Å². The van der Waals surface area contributed by atoms with Crippen molar-refractivity contribution in [2.45, 2.75) is 0 Å². The van der Waals surface area contributed by atoms with Crippen molar-refractivity contribution in [2.75, 3.05) is 0 Å². The van der Waals surface area contributed by atoms with Gasteiger partial charge in [-0.3, -0.25) is 0 Å². The Labute approximate surface area is 205 Å². The summed E-state index contributed by atoms with van der Waals surface area (Å²) in [5.41, 5.74) is 0. The molecule has 1 radical (unpaired) electrons. The summed E-state index contributed by atoms with van der Waals surface area (Å²) in [7, 11) is 0. The Morgan fingerprint density at radius 2 is 0.406 bits per heavy atom. The van der Waals surface area contributed by atoms with Crippen LogP contribution in [0.5, 0.6) is 0 Å². The van der Waals surface area contributed by atoms with Crippen LogP contribution in [-0.2, 0) is 46.1 Å². The number of carboxylic acid groups (broad SMARTS) is 6. The second-order valence-electron chi connectivity index (χ2n) is 3.14. The number of rotatable bonds is 6. The molecule has 0 atom stereocenters. The van der Waals surface area contributed by atoms with Gasteiger partial charge < -0.3 is 59.4 Å². The van der Waals surface area contributed by atoms with Crippen molar-refractivity contribution >= 4 is 53.2 Å². The van der Waals surface area contributed by atoms with Crippen molar-refractivity contribution in [1.29, 1.82) is 0 Å². The number of carbonyl (C=O) groups is 6. The smallest absolute Gasteiger partial charge is 0.545 e. The minimum Gasteiger partial charge on any atom is -0.545 e. The van der Waals surface area contributed by atoms with Crippen LogP contribution in [0.15, 0.2) is 75.9 Å². The molecule has 0 unspecified atom stereocenters. The van der Waals surface area contributed by atoms with E-state index in [0.717, 1.165) is 36.5 Å². The molecule has 0 aliphatic rings. The normalized spacial score (nSPS) is 6.00. The van der Waals surface area contributed by atoms with E-state index in [1.54, 1.807) is 0 Å².